The zero-order chi connectivity index (χ0) is 15.7. The predicted molar refractivity (Wildman–Crippen MR) is 84.9 cm³/mol. The van der Waals surface area contributed by atoms with Gasteiger partial charge in [-0.2, -0.15) is 0 Å². The summed E-state index contributed by atoms with van der Waals surface area (Å²) in [5.41, 5.74) is 10.5. The number of nitrogens with zero attached hydrogens (tertiary/aromatic N) is 2. The number of primary amides is 1. The standard InChI is InChI=1S/C16H17FN4O/c1-2-3-6-20-21-14-5-4-10(17)7-11(14)12-8-19-9-13(15(12)21)16(18)22/h4-5,7-9,20H,2-3,6H2,1H3,(H2,18,22). The third-order valence-corrected chi connectivity index (χ3v) is 3.70. The average Bonchev–Trinajstić information content (AvgIpc) is 2.81. The van der Waals surface area contributed by atoms with E-state index in [1.54, 1.807) is 12.3 Å². The average molecular weight is 300 g/mol. The van der Waals surface area contributed by atoms with Crippen LogP contribution in [0.15, 0.2) is 30.6 Å². The van der Waals surface area contributed by atoms with Crippen molar-refractivity contribution in [1.82, 2.24) is 9.66 Å². The molecule has 0 bridgehead atoms. The van der Waals surface area contributed by atoms with E-state index in [4.69, 9.17) is 5.73 Å². The van der Waals surface area contributed by atoms with E-state index in [2.05, 4.69) is 17.3 Å². The Morgan fingerprint density at radius 2 is 2.18 bits per heavy atom. The summed E-state index contributed by atoms with van der Waals surface area (Å²) in [5, 5.41) is 1.41. The Hall–Kier alpha value is -2.63. The van der Waals surface area contributed by atoms with Gasteiger partial charge in [-0.3, -0.25) is 14.5 Å². The van der Waals surface area contributed by atoms with Crippen LogP contribution in [0.25, 0.3) is 21.8 Å². The summed E-state index contributed by atoms with van der Waals surface area (Å²) in [5.74, 6) is -0.885. The molecule has 0 spiro atoms. The van der Waals surface area contributed by atoms with E-state index in [-0.39, 0.29) is 5.82 Å². The monoisotopic (exact) mass is 300 g/mol. The van der Waals surface area contributed by atoms with Gasteiger partial charge in [-0.05, 0) is 24.6 Å². The molecule has 1 amide bonds. The molecule has 2 heterocycles. The van der Waals surface area contributed by atoms with Gasteiger partial charge in [-0.25, -0.2) is 4.39 Å². The molecule has 0 aliphatic heterocycles. The molecule has 114 valence electrons. The molecule has 0 radical (unpaired) electrons. The summed E-state index contributed by atoms with van der Waals surface area (Å²) in [6.07, 6.45) is 5.10. The van der Waals surface area contributed by atoms with Gasteiger partial charge in [0, 0.05) is 29.7 Å². The molecule has 6 heteroatoms. The fourth-order valence-corrected chi connectivity index (χ4v) is 2.64. The first kappa shape index (κ1) is 14.3. The highest BCUT2D eigenvalue weighted by Crippen LogP contribution is 2.30. The number of amides is 1. The predicted octanol–water partition coefficient (Wildman–Crippen LogP) is 2.77. The molecule has 3 N–H and O–H groups in total. The van der Waals surface area contributed by atoms with Crippen LogP contribution in [0.1, 0.15) is 30.1 Å². The second-order valence-corrected chi connectivity index (χ2v) is 5.21. The highest BCUT2D eigenvalue weighted by atomic mass is 19.1. The van der Waals surface area contributed by atoms with Crippen molar-refractivity contribution in [3.8, 4) is 0 Å². The summed E-state index contributed by atoms with van der Waals surface area (Å²) in [4.78, 5) is 15.8. The molecule has 0 saturated carbocycles. The van der Waals surface area contributed by atoms with Crippen LogP contribution in [-0.4, -0.2) is 22.1 Å². The molecule has 22 heavy (non-hydrogen) atoms. The molecule has 5 nitrogen and oxygen atoms in total. The Kier molecular flexibility index (Phi) is 3.66. The minimum absolute atomic E-state index is 0.318. The maximum absolute atomic E-state index is 13.6. The van der Waals surface area contributed by atoms with E-state index in [1.165, 1.54) is 18.3 Å². The van der Waals surface area contributed by atoms with Crippen LogP contribution >= 0.6 is 0 Å². The molecule has 0 unspecified atom stereocenters. The number of hydrogen-bond acceptors (Lipinski definition) is 3. The maximum Gasteiger partial charge on any atom is 0.252 e. The SMILES string of the molecule is CCCCNn1c2ccc(F)cc2c2cncc(C(N)=O)c21. The first-order valence-corrected chi connectivity index (χ1v) is 7.25. The number of fused-ring (bicyclic) bond motifs is 3. The first-order valence-electron chi connectivity index (χ1n) is 7.25. The molecular weight excluding hydrogens is 283 g/mol. The Balaban J connectivity index is 2.33. The van der Waals surface area contributed by atoms with E-state index in [0.717, 1.165) is 24.9 Å². The van der Waals surface area contributed by atoms with Gasteiger partial charge < -0.3 is 11.2 Å². The lowest BCUT2D eigenvalue weighted by Gasteiger charge is -2.11. The Morgan fingerprint density at radius 1 is 1.36 bits per heavy atom. The van der Waals surface area contributed by atoms with Gasteiger partial charge in [0.15, 0.2) is 0 Å². The zero-order valence-corrected chi connectivity index (χ0v) is 12.3. The zero-order valence-electron chi connectivity index (χ0n) is 12.3. The quantitative estimate of drug-likeness (QED) is 0.712. The number of carbonyl (C=O) groups excluding carboxylic acids is 1. The van der Waals surface area contributed by atoms with Gasteiger partial charge in [-0.1, -0.05) is 13.3 Å². The minimum Gasteiger partial charge on any atom is -0.365 e. The molecule has 0 aliphatic carbocycles. The number of aromatic nitrogens is 2. The summed E-state index contributed by atoms with van der Waals surface area (Å²) in [6, 6.07) is 4.53. The smallest absolute Gasteiger partial charge is 0.252 e. The minimum atomic E-state index is -0.556. The lowest BCUT2D eigenvalue weighted by molar-refractivity contribution is 0.100. The van der Waals surface area contributed by atoms with E-state index in [9.17, 15) is 9.18 Å². The van der Waals surface area contributed by atoms with E-state index >= 15 is 0 Å². The molecule has 1 aromatic carbocycles. The number of pyridine rings is 1. The number of benzene rings is 1. The third kappa shape index (κ3) is 2.26. The van der Waals surface area contributed by atoms with E-state index in [0.29, 0.717) is 21.9 Å². The molecule has 0 fully saturated rings. The number of halogens is 1. The normalized spacial score (nSPS) is 11.2. The lowest BCUT2D eigenvalue weighted by atomic mass is 10.1. The Bertz CT molecular complexity index is 856. The number of unbranched alkanes of at least 4 members (excludes halogenated alkanes) is 1. The molecule has 0 aliphatic rings. The Labute approximate surface area is 126 Å². The van der Waals surface area contributed by atoms with Crippen molar-refractivity contribution in [1.29, 1.82) is 0 Å². The van der Waals surface area contributed by atoms with Gasteiger partial charge in [0.25, 0.3) is 5.91 Å². The maximum atomic E-state index is 13.6. The highest BCUT2D eigenvalue weighted by Gasteiger charge is 2.17. The lowest BCUT2D eigenvalue weighted by Crippen LogP contribution is -2.19. The summed E-state index contributed by atoms with van der Waals surface area (Å²) in [7, 11) is 0. The summed E-state index contributed by atoms with van der Waals surface area (Å²) < 4.78 is 15.4. The van der Waals surface area contributed by atoms with E-state index in [1.807, 2.05) is 4.68 Å². The van der Waals surface area contributed by atoms with Crippen molar-refractivity contribution in [2.24, 2.45) is 5.73 Å². The van der Waals surface area contributed by atoms with Gasteiger partial charge in [0.2, 0.25) is 0 Å². The molecule has 0 atom stereocenters. The largest absolute Gasteiger partial charge is 0.365 e. The van der Waals surface area contributed by atoms with Crippen molar-refractivity contribution in [3.63, 3.8) is 0 Å². The fourth-order valence-electron chi connectivity index (χ4n) is 2.64. The summed E-state index contributed by atoms with van der Waals surface area (Å²) >= 11 is 0. The van der Waals surface area contributed by atoms with Gasteiger partial charge in [-0.15, -0.1) is 0 Å². The summed E-state index contributed by atoms with van der Waals surface area (Å²) in [6.45, 7) is 2.84. The van der Waals surface area contributed by atoms with Gasteiger partial charge in [0.1, 0.15) is 5.82 Å². The molecule has 3 aromatic rings. The number of carbonyl (C=O) groups is 1. The topological polar surface area (TPSA) is 72.9 Å². The van der Waals surface area contributed by atoms with Crippen LogP contribution in [0.5, 0.6) is 0 Å². The number of rotatable bonds is 5. The van der Waals surface area contributed by atoms with Crippen LogP contribution in [0.2, 0.25) is 0 Å². The number of hydrogen-bond donors (Lipinski definition) is 2. The highest BCUT2D eigenvalue weighted by molar-refractivity contribution is 6.15. The van der Waals surface area contributed by atoms with Crippen molar-refractivity contribution in [2.75, 3.05) is 12.0 Å². The van der Waals surface area contributed by atoms with Crippen LogP contribution in [0, 0.1) is 5.82 Å². The molecular formula is C16H17FN4O. The van der Waals surface area contributed by atoms with Crippen molar-refractivity contribution in [3.05, 3.63) is 42.0 Å². The number of nitrogens with one attached hydrogen (secondary N) is 1. The second-order valence-electron chi connectivity index (χ2n) is 5.21. The number of nitrogens with two attached hydrogens (primary N) is 1. The first-order chi connectivity index (χ1) is 10.6. The van der Waals surface area contributed by atoms with Crippen LogP contribution in [-0.2, 0) is 0 Å². The van der Waals surface area contributed by atoms with Crippen LogP contribution in [0.4, 0.5) is 4.39 Å². The van der Waals surface area contributed by atoms with Crippen molar-refractivity contribution < 1.29 is 9.18 Å². The van der Waals surface area contributed by atoms with Crippen molar-refractivity contribution >= 4 is 27.7 Å². The second kappa shape index (κ2) is 5.63. The van der Waals surface area contributed by atoms with E-state index < -0.39 is 5.91 Å². The van der Waals surface area contributed by atoms with Gasteiger partial charge >= 0.3 is 0 Å². The fraction of sp³-hybridized carbons (Fsp3) is 0.250. The van der Waals surface area contributed by atoms with Crippen molar-refractivity contribution in [2.45, 2.75) is 19.8 Å². The van der Waals surface area contributed by atoms with Gasteiger partial charge in [0.05, 0.1) is 16.6 Å². The third-order valence-electron chi connectivity index (χ3n) is 3.70. The van der Waals surface area contributed by atoms with Crippen LogP contribution < -0.4 is 11.2 Å². The molecule has 3 rings (SSSR count). The van der Waals surface area contributed by atoms with Crippen LogP contribution in [0.3, 0.4) is 0 Å². The Morgan fingerprint density at radius 3 is 2.91 bits per heavy atom. The molecule has 2 aromatic heterocycles. The molecule has 0 saturated heterocycles.